The highest BCUT2D eigenvalue weighted by Gasteiger charge is 2.47. The first-order chi connectivity index (χ1) is 63.7. The third kappa shape index (κ3) is 135. The second-order valence-corrected chi connectivity index (χ2v) is 67.6. The first-order valence-electron chi connectivity index (χ1n) is 56.0. The van der Waals surface area contributed by atoms with Crippen molar-refractivity contribution in [3.8, 4) is 0 Å². The zero-order chi connectivity index (χ0) is 117. The number of rotatable bonds is 68. The standard InChI is InChI=1S/C18H46N4.C18H42N2O2.C15H38N3O.C12H30N2O4S2.C12H30N2O2.C11H28N2.C10H26N2.C9H24N2.C8H22N2/c1-19(2,3)14-13-18(15-20(4,5)6,16-21(7,8)9)17-22(10,11)12;1-7-19(8-2,9-3)13-15-21-17-18-22-16-14-20(10-4,11-5)12-6;1-16(2,3)11-10-15(14-19,12-17(4,5)6)13-18(7,8)9;1-13(2,3)7-9-19(15,16)11-12-20(17,18)10-8-14(4,5)6;1-13(2,3)7-9-15-11-12-16-10-8-14(4,5)6;1-12(2,3)10-8-7-9-11-13(4,5)6;1-11(2,3)9-7-8-10-12(4,5)6;1-10(2,3)8-7-9-11(4,5)6;1-9(2,3)7-8-10(4,5)6/h13-17H2,1-12H3;7-18H2,1-6H3;19H,10-14H2,1-9H3;7-12H2,1-6H3;7-12H2,1-6H3;7-11H2,1-6H3;7-10H2,1-6H3;7-9H2,1-6H3;7-8H2,1-6H3/q+4;+2;+3;6*+2. The number of hydrogen-bond donors (Lipinski definition) is 1. The van der Waals surface area contributed by atoms with Crippen LogP contribution >= 0.6 is 0 Å². The zero-order valence-electron chi connectivity index (χ0n) is 112. The van der Waals surface area contributed by atoms with Gasteiger partial charge in [0.05, 0.1) is 627 Å². The Bertz CT molecular complexity index is 3100. The summed E-state index contributed by atoms with van der Waals surface area (Å²) in [6.45, 7) is 50.8. The minimum atomic E-state index is -3.30. The molecule has 0 spiro atoms. The van der Waals surface area contributed by atoms with Crippen LogP contribution in [0.1, 0.15) is 92.9 Å². The number of likely N-dealkylation sites (N-methyl/N-ethyl adjacent to an activating group) is 6. The molecule has 0 heterocycles. The molecular formula is C113H286N21O9S2+21. The van der Waals surface area contributed by atoms with E-state index in [9.17, 15) is 21.9 Å². The van der Waals surface area contributed by atoms with E-state index in [0.717, 1.165) is 177 Å². The summed E-state index contributed by atoms with van der Waals surface area (Å²) >= 11 is 0. The molecule has 145 heavy (non-hydrogen) atoms. The van der Waals surface area contributed by atoms with Crippen molar-refractivity contribution in [3.05, 3.63) is 0 Å². The van der Waals surface area contributed by atoms with Crippen LogP contribution < -0.4 is 0 Å². The molecule has 32 heteroatoms. The van der Waals surface area contributed by atoms with Gasteiger partial charge in [0.15, 0.2) is 19.7 Å². The predicted octanol–water partition coefficient (Wildman–Crippen LogP) is 8.03. The lowest BCUT2D eigenvalue weighted by atomic mass is 9.80. The van der Waals surface area contributed by atoms with Gasteiger partial charge < -0.3 is 118 Å². The van der Waals surface area contributed by atoms with Crippen LogP contribution in [0.4, 0.5) is 0 Å². The van der Waals surface area contributed by atoms with Gasteiger partial charge in [0.1, 0.15) is 44.7 Å². The lowest BCUT2D eigenvalue weighted by Gasteiger charge is -2.45. The van der Waals surface area contributed by atoms with Crippen molar-refractivity contribution in [1.82, 2.24) is 0 Å². The van der Waals surface area contributed by atoms with E-state index in [2.05, 4.69) is 401 Å². The molecule has 0 saturated carbocycles. The van der Waals surface area contributed by atoms with E-state index in [0.29, 0.717) is 40.7 Å². The summed E-state index contributed by atoms with van der Waals surface area (Å²) in [5.41, 5.74) is 0.363. The average Bonchev–Trinajstić information content (AvgIpc) is 0.801. The number of ether oxygens (including phenoxy) is 4. The number of aliphatic hydroxyl groups excluding tert-OH is 1. The van der Waals surface area contributed by atoms with Crippen molar-refractivity contribution >= 4 is 19.7 Å². The number of hydrogen-bond acceptors (Lipinski definition) is 9. The second kappa shape index (κ2) is 71.3. The van der Waals surface area contributed by atoms with Crippen molar-refractivity contribution in [3.63, 3.8) is 0 Å². The third-order valence-corrected chi connectivity index (χ3v) is 28.5. The lowest BCUT2D eigenvalue weighted by Crippen LogP contribution is -2.60. The first kappa shape index (κ1) is 161. The van der Waals surface area contributed by atoms with E-state index in [1.807, 2.05) is 42.3 Å². The van der Waals surface area contributed by atoms with Gasteiger partial charge in [-0.15, -0.1) is 0 Å². The van der Waals surface area contributed by atoms with Crippen LogP contribution in [0.15, 0.2) is 0 Å². The van der Waals surface area contributed by atoms with Gasteiger partial charge in [0.25, 0.3) is 0 Å². The molecular weight excluding hydrogens is 1860 g/mol. The summed E-state index contributed by atoms with van der Waals surface area (Å²) in [7, 11) is 120. The third-order valence-electron chi connectivity index (χ3n) is 25.0. The van der Waals surface area contributed by atoms with Gasteiger partial charge >= 0.3 is 0 Å². The highest BCUT2D eigenvalue weighted by Crippen LogP contribution is 2.32. The summed E-state index contributed by atoms with van der Waals surface area (Å²) in [4.78, 5) is 0. The van der Waals surface area contributed by atoms with Crippen LogP contribution in [-0.4, -0.2) is 777 Å². The van der Waals surface area contributed by atoms with Gasteiger partial charge in [0.2, 0.25) is 0 Å². The van der Waals surface area contributed by atoms with Gasteiger partial charge in [-0.3, -0.25) is 0 Å². The molecule has 0 unspecified atom stereocenters. The van der Waals surface area contributed by atoms with E-state index in [-0.39, 0.29) is 35.0 Å². The van der Waals surface area contributed by atoms with Crippen LogP contribution in [0.3, 0.4) is 0 Å². The molecule has 0 aromatic carbocycles. The van der Waals surface area contributed by atoms with Crippen LogP contribution in [0.5, 0.6) is 0 Å². The van der Waals surface area contributed by atoms with Crippen molar-refractivity contribution in [2.24, 2.45) is 10.8 Å². The van der Waals surface area contributed by atoms with E-state index >= 15 is 0 Å². The van der Waals surface area contributed by atoms with Crippen LogP contribution in [0.25, 0.3) is 0 Å². The van der Waals surface area contributed by atoms with Crippen molar-refractivity contribution < 1.29 is 135 Å². The van der Waals surface area contributed by atoms with Crippen molar-refractivity contribution in [2.75, 3.05) is 661 Å². The Morgan fingerprint density at radius 1 is 0.172 bits per heavy atom. The molecule has 0 aliphatic rings. The molecule has 0 aromatic heterocycles. The average molecular weight is 2150 g/mol. The molecule has 0 rings (SSSR count). The fraction of sp³-hybridized carbons (Fsp3) is 1.00. The van der Waals surface area contributed by atoms with E-state index in [1.54, 1.807) is 0 Å². The van der Waals surface area contributed by atoms with Gasteiger partial charge in [-0.1, -0.05) is 0 Å². The Labute approximate surface area is 914 Å². The van der Waals surface area contributed by atoms with Crippen LogP contribution in [0, 0.1) is 10.8 Å². The zero-order valence-corrected chi connectivity index (χ0v) is 113. The van der Waals surface area contributed by atoms with E-state index < -0.39 is 19.7 Å². The fourth-order valence-corrected chi connectivity index (χ4v) is 20.6. The second-order valence-electron chi connectivity index (χ2n) is 63.0. The smallest absolute Gasteiger partial charge is 0.156 e. The van der Waals surface area contributed by atoms with E-state index in [1.165, 1.54) is 163 Å². The molecule has 1 N–H and O–H groups in total. The summed E-state index contributed by atoms with van der Waals surface area (Å²) in [6.07, 6.45) is 10.5. The molecule has 0 amide bonds. The minimum Gasteiger partial charge on any atom is -0.395 e. The maximum Gasteiger partial charge on any atom is 0.156 e. The van der Waals surface area contributed by atoms with Gasteiger partial charge in [-0.2, -0.15) is 0 Å². The lowest BCUT2D eigenvalue weighted by molar-refractivity contribution is -0.928. The maximum absolute atomic E-state index is 11.8. The molecule has 0 bridgehead atoms. The Morgan fingerprint density at radius 2 is 0.338 bits per heavy atom. The predicted molar refractivity (Wildman–Crippen MR) is 638 cm³/mol. The molecule has 888 valence electrons. The highest BCUT2D eigenvalue weighted by molar-refractivity contribution is 7.95. The number of aliphatic hydroxyl groups is 1. The number of sulfone groups is 2. The molecule has 0 aliphatic heterocycles. The largest absolute Gasteiger partial charge is 0.395 e. The van der Waals surface area contributed by atoms with Crippen molar-refractivity contribution in [1.29, 1.82) is 0 Å². The summed E-state index contributed by atoms with van der Waals surface area (Å²) in [6, 6.07) is 0. The Kier molecular flexibility index (Phi) is 79.3. The maximum atomic E-state index is 11.8. The Morgan fingerprint density at radius 3 is 0.510 bits per heavy atom. The topological polar surface area (TPSA) is 125 Å². The quantitative estimate of drug-likeness (QED) is 0.0476. The molecule has 0 aliphatic carbocycles. The highest BCUT2D eigenvalue weighted by atomic mass is 32.2. The van der Waals surface area contributed by atoms with Crippen LogP contribution in [-0.2, 0) is 38.6 Å². The van der Waals surface area contributed by atoms with Gasteiger partial charge in [0, 0.05) is 32.1 Å². The molecule has 0 atom stereocenters. The van der Waals surface area contributed by atoms with Crippen LogP contribution in [0.2, 0.25) is 0 Å². The molecule has 0 radical (unpaired) electrons. The van der Waals surface area contributed by atoms with E-state index in [4.69, 9.17) is 18.9 Å². The summed E-state index contributed by atoms with van der Waals surface area (Å²) in [5.74, 6) is -0.484. The normalized spacial score (nSPS) is 14.0. The molecule has 0 saturated heterocycles. The first-order valence-corrected chi connectivity index (χ1v) is 59.7. The monoisotopic (exact) mass is 2150 g/mol. The SMILES string of the molecule is CC[N+](CC)(CC)CCOCCOCC[N+](CC)(CC)CC.C[N+](C)(C)CCC(CO)(C[N+](C)(C)C)C[N+](C)(C)C.C[N+](C)(C)CCC(C[N+](C)(C)C)(C[N+](C)(C)C)C[N+](C)(C)C.C[N+](C)(C)CCCCC[N+](C)(C)C.C[N+](C)(C)CCCC[N+](C)(C)C.C[N+](C)(C)CCC[N+](C)(C)C.C[N+](C)(C)CCOCCOCC[N+](C)(C)C.C[N+](C)(C)CCS(=O)(=O)CCS(=O)(=O)CC[N+](C)(C)C.C[N+](C)(C)CC[N+](C)(C)C. The molecule has 30 nitrogen and oxygen atoms in total. The molecule has 0 aromatic rings. The van der Waals surface area contributed by atoms with Gasteiger partial charge in [-0.05, 0) is 60.8 Å². The van der Waals surface area contributed by atoms with Crippen molar-refractivity contribution in [2.45, 2.75) is 92.9 Å². The fourth-order valence-electron chi connectivity index (χ4n) is 16.5. The minimum absolute atomic E-state index is 0.00201. The number of nitrogens with zero attached hydrogens (tertiary/aromatic N) is 21. The molecule has 0 fully saturated rings. The van der Waals surface area contributed by atoms with Gasteiger partial charge in [-0.25, -0.2) is 16.8 Å². The Hall–Kier alpha value is -1.14. The summed E-state index contributed by atoms with van der Waals surface area (Å²) < 4.78 is 90.8. The number of quaternary nitrogens is 21. The number of unbranched alkanes of at least 4 members (excludes halogenated alkanes) is 3. The Balaban J connectivity index is -0.000000207. The summed E-state index contributed by atoms with van der Waals surface area (Å²) in [5, 5.41) is 10.1.